The number of anilines is 1. The Bertz CT molecular complexity index is 780. The fraction of sp³-hybridized carbons (Fsp3) is 0.526. The third-order valence-electron chi connectivity index (χ3n) is 5.36. The van der Waals surface area contributed by atoms with Crippen LogP contribution in [0.4, 0.5) is 5.13 Å². The highest BCUT2D eigenvalue weighted by atomic mass is 32.1. The van der Waals surface area contributed by atoms with Crippen molar-refractivity contribution in [2.24, 2.45) is 5.92 Å². The summed E-state index contributed by atoms with van der Waals surface area (Å²) in [7, 11) is 0. The fourth-order valence-corrected chi connectivity index (χ4v) is 4.85. The normalized spacial score (nSPS) is 21.3. The van der Waals surface area contributed by atoms with Crippen molar-refractivity contribution in [1.29, 1.82) is 0 Å². The molecule has 7 heteroatoms. The molecule has 0 aliphatic carbocycles. The van der Waals surface area contributed by atoms with Gasteiger partial charge in [0, 0.05) is 46.2 Å². The van der Waals surface area contributed by atoms with E-state index in [1.54, 1.807) is 18.3 Å². The number of piperidine rings is 1. The molecule has 0 radical (unpaired) electrons. The van der Waals surface area contributed by atoms with Gasteiger partial charge in [0.1, 0.15) is 0 Å². The second kappa shape index (κ2) is 7.23. The van der Waals surface area contributed by atoms with Crippen molar-refractivity contribution < 1.29 is 9.59 Å². The smallest absolute Gasteiger partial charge is 0.227 e. The summed E-state index contributed by atoms with van der Waals surface area (Å²) < 4.78 is 1.19. The molecule has 3 heterocycles. The van der Waals surface area contributed by atoms with E-state index in [1.807, 2.05) is 28.0 Å². The van der Waals surface area contributed by atoms with Crippen LogP contribution < -0.4 is 4.90 Å². The first-order valence-corrected chi connectivity index (χ1v) is 10.1. The molecule has 2 aliphatic rings. The van der Waals surface area contributed by atoms with Crippen LogP contribution in [0.2, 0.25) is 0 Å². The third-order valence-corrected chi connectivity index (χ3v) is 6.46. The zero-order chi connectivity index (χ0) is 18.1. The predicted molar refractivity (Wildman–Crippen MR) is 103 cm³/mol. The zero-order valence-corrected chi connectivity index (χ0v) is 15.9. The molecule has 1 unspecified atom stereocenters. The number of fused-ring (bicyclic) bond motifs is 1. The number of rotatable bonds is 2. The molecule has 26 heavy (non-hydrogen) atoms. The Morgan fingerprint density at radius 3 is 2.54 bits per heavy atom. The van der Waals surface area contributed by atoms with Gasteiger partial charge in [0.05, 0.1) is 16.1 Å². The maximum Gasteiger partial charge on any atom is 0.227 e. The zero-order valence-electron chi connectivity index (χ0n) is 15.1. The van der Waals surface area contributed by atoms with Crippen LogP contribution >= 0.6 is 11.3 Å². The van der Waals surface area contributed by atoms with Gasteiger partial charge in [0.15, 0.2) is 5.13 Å². The number of hydrogen-bond donors (Lipinski definition) is 0. The van der Waals surface area contributed by atoms with Crippen molar-refractivity contribution in [3.8, 4) is 0 Å². The second-order valence-electron chi connectivity index (χ2n) is 7.08. The number of amides is 2. The SMILES string of the molecule is CC(=O)N1CCN(C(=O)C2CCCN(c3nc4ccccc4s3)C2)CC1. The molecular formula is C19H24N4O2S. The van der Waals surface area contributed by atoms with Gasteiger partial charge in [-0.1, -0.05) is 23.5 Å². The Morgan fingerprint density at radius 1 is 1.08 bits per heavy atom. The lowest BCUT2D eigenvalue weighted by Gasteiger charge is -2.38. The number of piperazine rings is 1. The molecule has 1 aromatic carbocycles. The Labute approximate surface area is 157 Å². The van der Waals surface area contributed by atoms with Gasteiger partial charge in [-0.3, -0.25) is 9.59 Å². The molecule has 1 aromatic heterocycles. The maximum atomic E-state index is 13.0. The molecule has 0 saturated carbocycles. The largest absolute Gasteiger partial charge is 0.347 e. The van der Waals surface area contributed by atoms with E-state index in [0.717, 1.165) is 36.6 Å². The van der Waals surface area contributed by atoms with E-state index < -0.39 is 0 Å². The lowest BCUT2D eigenvalue weighted by Crippen LogP contribution is -2.53. The first-order valence-electron chi connectivity index (χ1n) is 9.26. The molecule has 2 fully saturated rings. The Balaban J connectivity index is 1.41. The van der Waals surface area contributed by atoms with Crippen LogP contribution in [0.25, 0.3) is 10.2 Å². The van der Waals surface area contributed by atoms with E-state index in [9.17, 15) is 9.59 Å². The summed E-state index contributed by atoms with van der Waals surface area (Å²) in [6.07, 6.45) is 1.95. The molecule has 2 amide bonds. The van der Waals surface area contributed by atoms with Crippen molar-refractivity contribution in [1.82, 2.24) is 14.8 Å². The minimum atomic E-state index is 0.0274. The van der Waals surface area contributed by atoms with E-state index in [-0.39, 0.29) is 17.7 Å². The van der Waals surface area contributed by atoms with Crippen molar-refractivity contribution in [3.63, 3.8) is 0 Å². The van der Waals surface area contributed by atoms with Gasteiger partial charge < -0.3 is 14.7 Å². The molecule has 0 bridgehead atoms. The lowest BCUT2D eigenvalue weighted by atomic mass is 9.96. The van der Waals surface area contributed by atoms with Crippen molar-refractivity contribution in [2.75, 3.05) is 44.2 Å². The highest BCUT2D eigenvalue weighted by molar-refractivity contribution is 7.22. The first kappa shape index (κ1) is 17.3. The van der Waals surface area contributed by atoms with E-state index in [1.165, 1.54) is 4.70 Å². The number of carbonyl (C=O) groups is 2. The summed E-state index contributed by atoms with van der Waals surface area (Å²) in [4.78, 5) is 35.2. The van der Waals surface area contributed by atoms with Crippen LogP contribution in [0, 0.1) is 5.92 Å². The molecular weight excluding hydrogens is 348 g/mol. The summed E-state index contributed by atoms with van der Waals surface area (Å²) in [5.74, 6) is 0.357. The molecule has 6 nitrogen and oxygen atoms in total. The second-order valence-corrected chi connectivity index (χ2v) is 8.09. The molecule has 138 valence electrons. The Kier molecular flexibility index (Phi) is 4.80. The molecule has 0 spiro atoms. The predicted octanol–water partition coefficient (Wildman–Crippen LogP) is 2.20. The van der Waals surface area contributed by atoms with Crippen molar-refractivity contribution in [2.45, 2.75) is 19.8 Å². The lowest BCUT2D eigenvalue weighted by molar-refractivity contribution is -0.141. The first-order chi connectivity index (χ1) is 12.6. The topological polar surface area (TPSA) is 56.8 Å². The van der Waals surface area contributed by atoms with Crippen LogP contribution in [-0.4, -0.2) is 65.9 Å². The van der Waals surface area contributed by atoms with Crippen LogP contribution in [0.15, 0.2) is 24.3 Å². The van der Waals surface area contributed by atoms with E-state index in [2.05, 4.69) is 11.0 Å². The van der Waals surface area contributed by atoms with Gasteiger partial charge in [-0.05, 0) is 25.0 Å². The summed E-state index contributed by atoms with van der Waals surface area (Å²) >= 11 is 1.70. The third kappa shape index (κ3) is 3.40. The van der Waals surface area contributed by atoms with Gasteiger partial charge in [-0.2, -0.15) is 0 Å². The Morgan fingerprint density at radius 2 is 1.81 bits per heavy atom. The number of hydrogen-bond acceptors (Lipinski definition) is 5. The Hall–Kier alpha value is -2.15. The summed E-state index contributed by atoms with van der Waals surface area (Å²) in [5, 5.41) is 1.02. The van der Waals surface area contributed by atoms with Crippen LogP contribution in [-0.2, 0) is 9.59 Å². The monoisotopic (exact) mass is 372 g/mol. The molecule has 4 rings (SSSR count). The number of nitrogens with zero attached hydrogens (tertiary/aromatic N) is 4. The molecule has 0 N–H and O–H groups in total. The van der Waals surface area contributed by atoms with Crippen LogP contribution in [0.5, 0.6) is 0 Å². The molecule has 2 saturated heterocycles. The van der Waals surface area contributed by atoms with Gasteiger partial charge >= 0.3 is 0 Å². The quantitative estimate of drug-likeness (QED) is 0.811. The number of benzene rings is 1. The summed E-state index contributed by atoms with van der Waals surface area (Å²) in [6, 6.07) is 8.18. The van der Waals surface area contributed by atoms with Gasteiger partial charge in [0.25, 0.3) is 0 Å². The number of aromatic nitrogens is 1. The van der Waals surface area contributed by atoms with Crippen LogP contribution in [0.3, 0.4) is 0 Å². The van der Waals surface area contributed by atoms with Crippen LogP contribution in [0.1, 0.15) is 19.8 Å². The van der Waals surface area contributed by atoms with E-state index >= 15 is 0 Å². The highest BCUT2D eigenvalue weighted by Crippen LogP contribution is 2.31. The molecule has 1 atom stereocenters. The highest BCUT2D eigenvalue weighted by Gasteiger charge is 2.32. The van der Waals surface area contributed by atoms with Gasteiger partial charge in [0.2, 0.25) is 11.8 Å². The van der Waals surface area contributed by atoms with Gasteiger partial charge in [-0.15, -0.1) is 0 Å². The summed E-state index contributed by atoms with van der Waals surface area (Å²) in [5.41, 5.74) is 1.03. The number of thiazole rings is 1. The minimum Gasteiger partial charge on any atom is -0.347 e. The molecule has 2 aliphatic heterocycles. The number of para-hydroxylation sites is 1. The minimum absolute atomic E-state index is 0.0274. The fourth-order valence-electron chi connectivity index (χ4n) is 3.85. The average Bonchev–Trinajstić information content (AvgIpc) is 3.12. The standard InChI is InChI=1S/C19H24N4O2S/c1-14(24)21-9-11-22(12-10-21)18(25)15-5-4-8-23(13-15)19-20-16-6-2-3-7-17(16)26-19/h2-3,6-7,15H,4-5,8-13H2,1H3. The summed E-state index contributed by atoms with van der Waals surface area (Å²) in [6.45, 7) is 5.89. The van der Waals surface area contributed by atoms with E-state index in [4.69, 9.17) is 4.98 Å². The maximum absolute atomic E-state index is 13.0. The van der Waals surface area contributed by atoms with Crippen molar-refractivity contribution in [3.05, 3.63) is 24.3 Å². The van der Waals surface area contributed by atoms with E-state index in [0.29, 0.717) is 26.2 Å². The average molecular weight is 372 g/mol. The number of carbonyl (C=O) groups excluding carboxylic acids is 2. The van der Waals surface area contributed by atoms with Crippen molar-refractivity contribution >= 4 is 38.5 Å². The van der Waals surface area contributed by atoms with Gasteiger partial charge in [-0.25, -0.2) is 4.98 Å². The molecule has 2 aromatic rings.